The topological polar surface area (TPSA) is 83.6 Å². The molecule has 0 radical (unpaired) electrons. The molecule has 1 atom stereocenters. The molecule has 3 rings (SSSR count). The quantitative estimate of drug-likeness (QED) is 0.752. The van der Waals surface area contributed by atoms with Crippen molar-refractivity contribution in [3.63, 3.8) is 0 Å². The summed E-state index contributed by atoms with van der Waals surface area (Å²) in [6.07, 6.45) is 1.18. The Labute approximate surface area is 172 Å². The predicted molar refractivity (Wildman–Crippen MR) is 111 cm³/mol. The maximum Gasteiger partial charge on any atom is 0.269 e. The lowest BCUT2D eigenvalue weighted by atomic mass is 9.97. The van der Waals surface area contributed by atoms with Crippen LogP contribution in [0.3, 0.4) is 0 Å². The van der Waals surface area contributed by atoms with E-state index in [0.29, 0.717) is 0 Å². The molecule has 0 aromatic heterocycles. The maximum atomic E-state index is 12.5. The highest BCUT2D eigenvalue weighted by Crippen LogP contribution is 2.30. The molecular formula is C22H26N2O4S. The van der Waals surface area contributed by atoms with Crippen molar-refractivity contribution in [3.8, 4) is 0 Å². The van der Waals surface area contributed by atoms with E-state index in [2.05, 4.69) is 11.4 Å². The normalized spacial score (nSPS) is 15.8. The van der Waals surface area contributed by atoms with E-state index < -0.39 is 15.9 Å². The molecule has 0 bridgehead atoms. The van der Waals surface area contributed by atoms with Crippen LogP contribution in [0.2, 0.25) is 0 Å². The molecule has 1 aliphatic rings. The number of benzene rings is 2. The fourth-order valence-electron chi connectivity index (χ4n) is 3.72. The number of fused-ring (bicyclic) bond motifs is 1. The summed E-state index contributed by atoms with van der Waals surface area (Å²) >= 11 is 0. The second-order valence-electron chi connectivity index (χ2n) is 7.37. The van der Waals surface area contributed by atoms with E-state index in [1.165, 1.54) is 17.7 Å². The van der Waals surface area contributed by atoms with E-state index in [-0.39, 0.29) is 41.8 Å². The average Bonchev–Trinajstić information content (AvgIpc) is 2.87. The van der Waals surface area contributed by atoms with Crippen molar-refractivity contribution in [1.29, 1.82) is 0 Å². The number of carbonyl (C=O) groups is 2. The number of carbonyl (C=O) groups excluding carboxylic acids is 2. The van der Waals surface area contributed by atoms with Crippen LogP contribution in [0.1, 0.15) is 59.3 Å². The number of sulfonamides is 1. The smallest absolute Gasteiger partial charge is 0.269 e. The molecule has 0 saturated carbocycles. The van der Waals surface area contributed by atoms with Gasteiger partial charge in [0.05, 0.1) is 11.6 Å². The zero-order chi connectivity index (χ0) is 21.2. The molecule has 0 unspecified atom stereocenters. The van der Waals surface area contributed by atoms with Gasteiger partial charge >= 0.3 is 0 Å². The summed E-state index contributed by atoms with van der Waals surface area (Å²) in [7, 11) is -3.82. The number of hydrogen-bond donors (Lipinski definition) is 1. The van der Waals surface area contributed by atoms with Gasteiger partial charge in [-0.1, -0.05) is 42.8 Å². The van der Waals surface area contributed by atoms with E-state index in [4.69, 9.17) is 0 Å². The van der Waals surface area contributed by atoms with Crippen LogP contribution in [0.15, 0.2) is 47.4 Å². The Bertz CT molecular complexity index is 1050. The fraction of sp³-hybridized carbons (Fsp3) is 0.364. The lowest BCUT2D eigenvalue weighted by molar-refractivity contribution is -0.122. The number of amides is 2. The molecule has 0 aliphatic carbocycles. The second-order valence-corrected chi connectivity index (χ2v) is 9.20. The second kappa shape index (κ2) is 8.37. The van der Waals surface area contributed by atoms with Crippen molar-refractivity contribution in [3.05, 3.63) is 64.7 Å². The van der Waals surface area contributed by atoms with Gasteiger partial charge in [0.1, 0.15) is 4.90 Å². The van der Waals surface area contributed by atoms with E-state index in [1.54, 1.807) is 12.1 Å². The minimum Gasteiger partial charge on any atom is -0.349 e. The SMILES string of the molecule is CC[C@H](NC(=O)CCCN1C(=O)c2ccccc2S1(=O)=O)c1ccc(C)cc1C. The van der Waals surface area contributed by atoms with Crippen LogP contribution in [-0.4, -0.2) is 31.1 Å². The monoisotopic (exact) mass is 414 g/mol. The summed E-state index contributed by atoms with van der Waals surface area (Å²) in [5, 5.41) is 3.03. The van der Waals surface area contributed by atoms with Crippen molar-refractivity contribution < 1.29 is 18.0 Å². The highest BCUT2D eigenvalue weighted by molar-refractivity contribution is 7.90. The molecular weight excluding hydrogens is 388 g/mol. The highest BCUT2D eigenvalue weighted by Gasteiger charge is 2.40. The molecule has 154 valence electrons. The lowest BCUT2D eigenvalue weighted by Crippen LogP contribution is -2.33. The van der Waals surface area contributed by atoms with Gasteiger partial charge in [-0.2, -0.15) is 0 Å². The first kappa shape index (κ1) is 21.0. The fourth-order valence-corrected chi connectivity index (χ4v) is 5.33. The Morgan fingerprint density at radius 1 is 1.14 bits per heavy atom. The van der Waals surface area contributed by atoms with Crippen molar-refractivity contribution in [2.75, 3.05) is 6.54 Å². The molecule has 2 amide bonds. The zero-order valence-electron chi connectivity index (χ0n) is 16.9. The average molecular weight is 415 g/mol. The third-order valence-corrected chi connectivity index (χ3v) is 7.06. The Morgan fingerprint density at radius 2 is 1.86 bits per heavy atom. The standard InChI is InChI=1S/C22H26N2O4S/c1-4-19(17-12-11-15(2)14-16(17)3)23-21(25)10-7-13-24-22(26)18-8-5-6-9-20(18)29(24,27)28/h5-6,8-9,11-12,14,19H,4,7,10,13H2,1-3H3,(H,23,25)/t19-/m0/s1. The van der Waals surface area contributed by atoms with Gasteiger partial charge in [0, 0.05) is 13.0 Å². The molecule has 1 N–H and O–H groups in total. The Balaban J connectivity index is 1.59. The first-order valence-corrected chi connectivity index (χ1v) is 11.2. The Morgan fingerprint density at radius 3 is 2.52 bits per heavy atom. The number of hydrogen-bond acceptors (Lipinski definition) is 4. The minimum atomic E-state index is -3.82. The highest BCUT2D eigenvalue weighted by atomic mass is 32.2. The molecule has 7 heteroatoms. The first-order valence-electron chi connectivity index (χ1n) is 9.78. The van der Waals surface area contributed by atoms with Gasteiger partial charge in [-0.3, -0.25) is 9.59 Å². The van der Waals surface area contributed by atoms with Gasteiger partial charge in [0.15, 0.2) is 0 Å². The van der Waals surface area contributed by atoms with Crippen molar-refractivity contribution >= 4 is 21.8 Å². The Hall–Kier alpha value is -2.67. The summed E-state index contributed by atoms with van der Waals surface area (Å²) in [6, 6.07) is 12.2. The summed E-state index contributed by atoms with van der Waals surface area (Å²) < 4.78 is 26.0. The van der Waals surface area contributed by atoms with E-state index in [1.807, 2.05) is 32.9 Å². The zero-order valence-corrected chi connectivity index (χ0v) is 17.8. The van der Waals surface area contributed by atoms with Gasteiger partial charge in [-0.05, 0) is 49.9 Å². The third kappa shape index (κ3) is 4.19. The third-order valence-electron chi connectivity index (χ3n) is 5.22. The summed E-state index contributed by atoms with van der Waals surface area (Å²) in [4.78, 5) is 24.9. The molecule has 2 aromatic rings. The molecule has 6 nitrogen and oxygen atoms in total. The first-order chi connectivity index (χ1) is 13.8. The summed E-state index contributed by atoms with van der Waals surface area (Å²) in [5.41, 5.74) is 3.57. The van der Waals surface area contributed by atoms with Crippen LogP contribution < -0.4 is 5.32 Å². The van der Waals surface area contributed by atoms with Gasteiger partial charge in [0.2, 0.25) is 5.91 Å². The van der Waals surface area contributed by atoms with Gasteiger partial charge in [-0.15, -0.1) is 0 Å². The molecule has 29 heavy (non-hydrogen) atoms. The van der Waals surface area contributed by atoms with Crippen LogP contribution in [0.25, 0.3) is 0 Å². The molecule has 0 saturated heterocycles. The van der Waals surface area contributed by atoms with Crippen molar-refractivity contribution in [2.45, 2.75) is 51.0 Å². The number of nitrogens with one attached hydrogen (secondary N) is 1. The Kier molecular flexibility index (Phi) is 6.07. The number of nitrogens with zero attached hydrogens (tertiary/aromatic N) is 1. The van der Waals surface area contributed by atoms with Crippen LogP contribution in [0, 0.1) is 13.8 Å². The van der Waals surface area contributed by atoms with E-state index >= 15 is 0 Å². The summed E-state index contributed by atoms with van der Waals surface area (Å²) in [5.74, 6) is -0.680. The van der Waals surface area contributed by atoms with Gasteiger partial charge in [-0.25, -0.2) is 12.7 Å². The van der Waals surface area contributed by atoms with Crippen molar-refractivity contribution in [1.82, 2.24) is 9.62 Å². The van der Waals surface area contributed by atoms with Crippen LogP contribution in [0.4, 0.5) is 0 Å². The van der Waals surface area contributed by atoms with Crippen LogP contribution in [0.5, 0.6) is 0 Å². The molecule has 0 fully saturated rings. The number of rotatable bonds is 7. The molecule has 2 aromatic carbocycles. The minimum absolute atomic E-state index is 0.0103. The van der Waals surface area contributed by atoms with Crippen LogP contribution >= 0.6 is 0 Å². The van der Waals surface area contributed by atoms with Gasteiger partial charge < -0.3 is 5.32 Å². The van der Waals surface area contributed by atoms with E-state index in [0.717, 1.165) is 21.9 Å². The number of aryl methyl sites for hydroxylation is 2. The maximum absolute atomic E-state index is 12.5. The lowest BCUT2D eigenvalue weighted by Gasteiger charge is -2.20. The predicted octanol–water partition coefficient (Wildman–Crippen LogP) is 3.50. The van der Waals surface area contributed by atoms with Gasteiger partial charge in [0.25, 0.3) is 15.9 Å². The summed E-state index contributed by atoms with van der Waals surface area (Å²) in [6.45, 7) is 6.06. The van der Waals surface area contributed by atoms with Crippen molar-refractivity contribution in [2.24, 2.45) is 0 Å². The molecule has 1 heterocycles. The van der Waals surface area contributed by atoms with Crippen LogP contribution in [-0.2, 0) is 14.8 Å². The molecule has 0 spiro atoms. The largest absolute Gasteiger partial charge is 0.349 e. The van der Waals surface area contributed by atoms with E-state index in [9.17, 15) is 18.0 Å². The molecule has 1 aliphatic heterocycles.